The SMILES string of the molecule is Cc1cc(OCCC2CCCNC2)ccc1[N+](=O)[O-]. The molecule has 2 rings (SSSR count). The first-order valence-electron chi connectivity index (χ1n) is 6.75. The maximum absolute atomic E-state index is 10.7. The Kier molecular flexibility index (Phi) is 4.74. The van der Waals surface area contributed by atoms with Crippen LogP contribution in [0.3, 0.4) is 0 Å². The van der Waals surface area contributed by atoms with Gasteiger partial charge in [0.05, 0.1) is 11.5 Å². The number of benzene rings is 1. The number of piperidine rings is 1. The Morgan fingerprint density at radius 1 is 1.53 bits per heavy atom. The Balaban J connectivity index is 1.82. The quantitative estimate of drug-likeness (QED) is 0.656. The number of nitro benzene ring substituents is 1. The van der Waals surface area contributed by atoms with E-state index in [0.29, 0.717) is 23.8 Å². The van der Waals surface area contributed by atoms with E-state index in [1.807, 2.05) is 0 Å². The summed E-state index contributed by atoms with van der Waals surface area (Å²) in [5, 5.41) is 14.1. The van der Waals surface area contributed by atoms with Gasteiger partial charge >= 0.3 is 0 Å². The molecule has 5 nitrogen and oxygen atoms in total. The molecule has 0 spiro atoms. The van der Waals surface area contributed by atoms with Crippen molar-refractivity contribution in [2.24, 2.45) is 5.92 Å². The van der Waals surface area contributed by atoms with Crippen molar-refractivity contribution in [2.75, 3.05) is 19.7 Å². The zero-order valence-electron chi connectivity index (χ0n) is 11.2. The van der Waals surface area contributed by atoms with Gasteiger partial charge in [0, 0.05) is 11.6 Å². The molecule has 1 N–H and O–H groups in total. The summed E-state index contributed by atoms with van der Waals surface area (Å²) in [6.45, 7) is 4.60. The molecule has 0 aliphatic carbocycles. The third-order valence-electron chi connectivity index (χ3n) is 3.56. The molecule has 1 atom stereocenters. The number of hydrogen-bond acceptors (Lipinski definition) is 4. The maximum atomic E-state index is 10.7. The molecule has 0 saturated carbocycles. The number of nitrogens with zero attached hydrogens (tertiary/aromatic N) is 1. The van der Waals surface area contributed by atoms with Gasteiger partial charge in [-0.25, -0.2) is 0 Å². The van der Waals surface area contributed by atoms with E-state index in [4.69, 9.17) is 4.74 Å². The van der Waals surface area contributed by atoms with E-state index >= 15 is 0 Å². The highest BCUT2D eigenvalue weighted by Crippen LogP contribution is 2.23. The lowest BCUT2D eigenvalue weighted by atomic mass is 9.97. The number of hydrogen-bond donors (Lipinski definition) is 1. The molecule has 1 fully saturated rings. The molecule has 1 heterocycles. The van der Waals surface area contributed by atoms with E-state index < -0.39 is 0 Å². The summed E-state index contributed by atoms with van der Waals surface area (Å²) in [5.74, 6) is 1.40. The molecule has 0 radical (unpaired) electrons. The number of ether oxygens (including phenoxy) is 1. The van der Waals surface area contributed by atoms with E-state index in [1.165, 1.54) is 18.9 Å². The van der Waals surface area contributed by atoms with Crippen LogP contribution in [-0.4, -0.2) is 24.6 Å². The van der Waals surface area contributed by atoms with Crippen LogP contribution < -0.4 is 10.1 Å². The van der Waals surface area contributed by atoms with Gasteiger partial charge in [-0.05, 0) is 57.3 Å². The number of rotatable bonds is 5. The van der Waals surface area contributed by atoms with Gasteiger partial charge in [0.25, 0.3) is 5.69 Å². The third-order valence-corrected chi connectivity index (χ3v) is 3.56. The minimum Gasteiger partial charge on any atom is -0.494 e. The summed E-state index contributed by atoms with van der Waals surface area (Å²) in [4.78, 5) is 10.3. The van der Waals surface area contributed by atoms with Crippen LogP contribution in [0.5, 0.6) is 5.75 Å². The first kappa shape index (κ1) is 13.8. The molecule has 0 aromatic heterocycles. The molecule has 1 unspecified atom stereocenters. The van der Waals surface area contributed by atoms with Crippen molar-refractivity contribution in [2.45, 2.75) is 26.2 Å². The van der Waals surface area contributed by atoms with Crippen LogP contribution in [-0.2, 0) is 0 Å². The standard InChI is InChI=1S/C14H20N2O3/c1-11-9-13(4-5-14(11)16(17)18)19-8-6-12-3-2-7-15-10-12/h4-5,9,12,15H,2-3,6-8,10H2,1H3. The van der Waals surface area contributed by atoms with Crippen LogP contribution in [0, 0.1) is 23.0 Å². The minimum atomic E-state index is -0.368. The Morgan fingerprint density at radius 2 is 2.37 bits per heavy atom. The summed E-state index contributed by atoms with van der Waals surface area (Å²) in [5.41, 5.74) is 0.783. The Bertz CT molecular complexity index is 442. The first-order valence-corrected chi connectivity index (χ1v) is 6.75. The monoisotopic (exact) mass is 264 g/mol. The zero-order chi connectivity index (χ0) is 13.7. The van der Waals surface area contributed by atoms with Crippen molar-refractivity contribution >= 4 is 5.69 Å². The van der Waals surface area contributed by atoms with Crippen LogP contribution in [0.25, 0.3) is 0 Å². The molecule has 1 aromatic carbocycles. The van der Waals surface area contributed by atoms with Crippen LogP contribution in [0.4, 0.5) is 5.69 Å². The van der Waals surface area contributed by atoms with Crippen LogP contribution in [0.2, 0.25) is 0 Å². The molecule has 0 bridgehead atoms. The highest BCUT2D eigenvalue weighted by atomic mass is 16.6. The number of nitrogens with one attached hydrogen (secondary N) is 1. The lowest BCUT2D eigenvalue weighted by molar-refractivity contribution is -0.385. The van der Waals surface area contributed by atoms with Gasteiger partial charge in [-0.2, -0.15) is 0 Å². The van der Waals surface area contributed by atoms with Crippen LogP contribution in [0.15, 0.2) is 18.2 Å². The predicted molar refractivity (Wildman–Crippen MR) is 73.5 cm³/mol. The second kappa shape index (κ2) is 6.52. The van der Waals surface area contributed by atoms with E-state index in [-0.39, 0.29) is 10.6 Å². The van der Waals surface area contributed by atoms with Crippen molar-refractivity contribution in [3.05, 3.63) is 33.9 Å². The largest absolute Gasteiger partial charge is 0.494 e. The molecule has 1 aliphatic heterocycles. The summed E-state index contributed by atoms with van der Waals surface area (Å²) >= 11 is 0. The second-order valence-electron chi connectivity index (χ2n) is 5.05. The van der Waals surface area contributed by atoms with Crippen molar-refractivity contribution in [3.8, 4) is 5.75 Å². The molecule has 5 heteroatoms. The smallest absolute Gasteiger partial charge is 0.272 e. The van der Waals surface area contributed by atoms with Crippen LogP contribution >= 0.6 is 0 Å². The van der Waals surface area contributed by atoms with Gasteiger partial charge in [0.15, 0.2) is 0 Å². The van der Waals surface area contributed by atoms with E-state index in [2.05, 4.69) is 5.32 Å². The van der Waals surface area contributed by atoms with E-state index in [0.717, 1.165) is 19.5 Å². The van der Waals surface area contributed by atoms with Gasteiger partial charge in [0.1, 0.15) is 5.75 Å². The zero-order valence-corrected chi connectivity index (χ0v) is 11.2. The van der Waals surface area contributed by atoms with Crippen molar-refractivity contribution in [1.82, 2.24) is 5.32 Å². The topological polar surface area (TPSA) is 64.4 Å². The number of nitro groups is 1. The summed E-state index contributed by atoms with van der Waals surface area (Å²) in [6, 6.07) is 4.91. The molecular formula is C14H20N2O3. The van der Waals surface area contributed by atoms with Gasteiger partial charge in [-0.1, -0.05) is 0 Å². The lowest BCUT2D eigenvalue weighted by Gasteiger charge is -2.22. The van der Waals surface area contributed by atoms with Gasteiger partial charge in [-0.3, -0.25) is 10.1 Å². The van der Waals surface area contributed by atoms with Crippen molar-refractivity contribution in [3.63, 3.8) is 0 Å². The Hall–Kier alpha value is -1.62. The predicted octanol–water partition coefficient (Wildman–Crippen LogP) is 2.67. The minimum absolute atomic E-state index is 0.142. The number of aryl methyl sites for hydroxylation is 1. The molecule has 19 heavy (non-hydrogen) atoms. The van der Waals surface area contributed by atoms with E-state index in [9.17, 15) is 10.1 Å². The average Bonchev–Trinajstić information content (AvgIpc) is 2.39. The summed E-state index contributed by atoms with van der Waals surface area (Å²) in [7, 11) is 0. The van der Waals surface area contributed by atoms with Gasteiger partial charge < -0.3 is 10.1 Å². The summed E-state index contributed by atoms with van der Waals surface area (Å²) < 4.78 is 5.67. The molecule has 104 valence electrons. The van der Waals surface area contributed by atoms with Gasteiger partial charge in [0.2, 0.25) is 0 Å². The fraction of sp³-hybridized carbons (Fsp3) is 0.571. The maximum Gasteiger partial charge on any atom is 0.272 e. The molecule has 1 aliphatic rings. The fourth-order valence-corrected chi connectivity index (χ4v) is 2.44. The second-order valence-corrected chi connectivity index (χ2v) is 5.05. The Labute approximate surface area is 113 Å². The highest BCUT2D eigenvalue weighted by Gasteiger charge is 2.13. The van der Waals surface area contributed by atoms with Crippen molar-refractivity contribution in [1.29, 1.82) is 0 Å². The van der Waals surface area contributed by atoms with Crippen molar-refractivity contribution < 1.29 is 9.66 Å². The molecule has 0 amide bonds. The molecule has 1 aromatic rings. The Morgan fingerprint density at radius 3 is 3.00 bits per heavy atom. The molecular weight excluding hydrogens is 244 g/mol. The fourth-order valence-electron chi connectivity index (χ4n) is 2.44. The molecule has 1 saturated heterocycles. The highest BCUT2D eigenvalue weighted by molar-refractivity contribution is 5.44. The first-order chi connectivity index (χ1) is 9.16. The average molecular weight is 264 g/mol. The normalized spacial score (nSPS) is 19.1. The van der Waals surface area contributed by atoms with E-state index in [1.54, 1.807) is 19.1 Å². The van der Waals surface area contributed by atoms with Crippen LogP contribution in [0.1, 0.15) is 24.8 Å². The van der Waals surface area contributed by atoms with Gasteiger partial charge in [-0.15, -0.1) is 0 Å². The third kappa shape index (κ3) is 3.92. The summed E-state index contributed by atoms with van der Waals surface area (Å²) in [6.07, 6.45) is 3.53. The lowest BCUT2D eigenvalue weighted by Crippen LogP contribution is -2.30.